The van der Waals surface area contributed by atoms with E-state index in [-0.39, 0.29) is 0 Å². The van der Waals surface area contributed by atoms with Gasteiger partial charge in [0, 0.05) is 24.5 Å². The Hall–Kier alpha value is -1.78. The van der Waals surface area contributed by atoms with Gasteiger partial charge in [-0.3, -0.25) is 9.36 Å². The van der Waals surface area contributed by atoms with E-state index >= 15 is 0 Å². The second-order valence-corrected chi connectivity index (χ2v) is 3.80. The van der Waals surface area contributed by atoms with Crippen molar-refractivity contribution in [3.63, 3.8) is 0 Å². The van der Waals surface area contributed by atoms with Crippen molar-refractivity contribution in [1.29, 1.82) is 0 Å². The molecule has 0 spiro atoms. The number of aryl methyl sites for hydroxylation is 3. The molecule has 5 heteroatoms. The zero-order valence-electron chi connectivity index (χ0n) is 9.23. The maximum absolute atomic E-state index is 5.67. The highest BCUT2D eigenvalue weighted by atomic mass is 15.3. The first-order valence-corrected chi connectivity index (χ1v) is 4.85. The number of hydrogen-bond donors (Lipinski definition) is 1. The van der Waals surface area contributed by atoms with Crippen molar-refractivity contribution in [2.24, 2.45) is 7.05 Å². The van der Waals surface area contributed by atoms with Crippen LogP contribution in [0.4, 0.5) is 5.82 Å². The fraction of sp³-hybridized carbons (Fsp3) is 0.400. The van der Waals surface area contributed by atoms with Crippen molar-refractivity contribution in [1.82, 2.24) is 19.6 Å². The summed E-state index contributed by atoms with van der Waals surface area (Å²) in [4.78, 5) is 0. The lowest BCUT2D eigenvalue weighted by atomic mass is 10.3. The highest BCUT2D eigenvalue weighted by molar-refractivity contribution is 5.35. The smallest absolute Gasteiger partial charge is 0.148 e. The van der Waals surface area contributed by atoms with Crippen LogP contribution < -0.4 is 5.73 Å². The first-order chi connectivity index (χ1) is 7.06. The highest BCUT2D eigenvalue weighted by Gasteiger charge is 2.05. The van der Waals surface area contributed by atoms with Crippen LogP contribution in [-0.4, -0.2) is 19.6 Å². The molecule has 5 nitrogen and oxygen atoms in total. The van der Waals surface area contributed by atoms with Crippen LogP contribution in [0, 0.1) is 13.8 Å². The third-order valence-electron chi connectivity index (χ3n) is 2.47. The summed E-state index contributed by atoms with van der Waals surface area (Å²) in [5.74, 6) is 0.586. The number of nitrogen functional groups attached to an aromatic ring is 1. The van der Waals surface area contributed by atoms with Crippen LogP contribution in [0.2, 0.25) is 0 Å². The Bertz CT molecular complexity index is 397. The fourth-order valence-corrected chi connectivity index (χ4v) is 1.49. The standard InChI is InChI=1S/C10H15N5/c1-7-5-15(13-10(7)11)6-9-4-8(2)14(3)12-9/h4-5H,6H2,1-3H3,(H2,11,13). The van der Waals surface area contributed by atoms with Crippen molar-refractivity contribution >= 4 is 5.82 Å². The van der Waals surface area contributed by atoms with Crippen molar-refractivity contribution in [2.75, 3.05) is 5.73 Å². The summed E-state index contributed by atoms with van der Waals surface area (Å²) in [6.45, 7) is 4.64. The molecule has 0 radical (unpaired) electrons. The van der Waals surface area contributed by atoms with Gasteiger partial charge < -0.3 is 5.73 Å². The van der Waals surface area contributed by atoms with Crippen molar-refractivity contribution in [3.05, 3.63) is 29.2 Å². The van der Waals surface area contributed by atoms with E-state index in [1.807, 2.05) is 42.5 Å². The summed E-state index contributed by atoms with van der Waals surface area (Å²) in [7, 11) is 1.93. The molecular formula is C10H15N5. The Morgan fingerprint density at radius 1 is 1.33 bits per heavy atom. The quantitative estimate of drug-likeness (QED) is 0.791. The van der Waals surface area contributed by atoms with Crippen molar-refractivity contribution in [2.45, 2.75) is 20.4 Å². The molecule has 0 saturated carbocycles. The molecule has 0 aliphatic heterocycles. The minimum Gasteiger partial charge on any atom is -0.382 e. The number of nitrogens with two attached hydrogens (primary N) is 1. The van der Waals surface area contributed by atoms with Crippen molar-refractivity contribution in [3.8, 4) is 0 Å². The molecule has 0 saturated heterocycles. The molecule has 0 aliphatic rings. The zero-order chi connectivity index (χ0) is 11.0. The zero-order valence-corrected chi connectivity index (χ0v) is 9.23. The van der Waals surface area contributed by atoms with Gasteiger partial charge in [0.25, 0.3) is 0 Å². The first-order valence-electron chi connectivity index (χ1n) is 4.85. The average Bonchev–Trinajstić information content (AvgIpc) is 2.59. The summed E-state index contributed by atoms with van der Waals surface area (Å²) in [5, 5.41) is 8.55. The van der Waals surface area contributed by atoms with Gasteiger partial charge in [0.1, 0.15) is 5.82 Å². The molecule has 0 unspecified atom stereocenters. The SMILES string of the molecule is Cc1cn(Cc2cc(C)n(C)n2)nc1N. The summed E-state index contributed by atoms with van der Waals surface area (Å²) in [6, 6.07) is 2.05. The van der Waals surface area contributed by atoms with E-state index < -0.39 is 0 Å². The second-order valence-electron chi connectivity index (χ2n) is 3.80. The number of aromatic nitrogens is 4. The fourth-order valence-electron chi connectivity index (χ4n) is 1.49. The van der Waals surface area contributed by atoms with E-state index in [4.69, 9.17) is 5.73 Å². The Labute approximate surface area is 88.5 Å². The van der Waals surface area contributed by atoms with Gasteiger partial charge in [0.2, 0.25) is 0 Å². The van der Waals surface area contributed by atoms with Gasteiger partial charge in [-0.15, -0.1) is 0 Å². The monoisotopic (exact) mass is 205 g/mol. The van der Waals surface area contributed by atoms with Gasteiger partial charge >= 0.3 is 0 Å². The molecule has 0 bridgehead atoms. The lowest BCUT2D eigenvalue weighted by molar-refractivity contribution is 0.648. The molecular weight excluding hydrogens is 190 g/mol. The first kappa shape index (κ1) is 9.76. The van der Waals surface area contributed by atoms with Crippen LogP contribution in [-0.2, 0) is 13.6 Å². The van der Waals surface area contributed by atoms with Crippen LogP contribution in [0.1, 0.15) is 17.0 Å². The summed E-state index contributed by atoms with van der Waals surface area (Å²) >= 11 is 0. The van der Waals surface area contributed by atoms with E-state index in [1.54, 1.807) is 0 Å². The molecule has 2 heterocycles. The Morgan fingerprint density at radius 2 is 2.07 bits per heavy atom. The summed E-state index contributed by atoms with van der Waals surface area (Å²) in [6.07, 6.45) is 1.93. The van der Waals surface area contributed by atoms with Gasteiger partial charge in [0.15, 0.2) is 0 Å². The minimum absolute atomic E-state index is 0.586. The van der Waals surface area contributed by atoms with Gasteiger partial charge in [-0.2, -0.15) is 10.2 Å². The van der Waals surface area contributed by atoms with Crippen LogP contribution in [0.3, 0.4) is 0 Å². The number of hydrogen-bond acceptors (Lipinski definition) is 3. The topological polar surface area (TPSA) is 61.7 Å². The molecule has 0 fully saturated rings. The number of anilines is 1. The van der Waals surface area contributed by atoms with Crippen LogP contribution in [0.15, 0.2) is 12.3 Å². The highest BCUT2D eigenvalue weighted by Crippen LogP contribution is 2.09. The predicted molar refractivity (Wildman–Crippen MR) is 58.4 cm³/mol. The van der Waals surface area contributed by atoms with E-state index in [9.17, 15) is 0 Å². The van der Waals surface area contributed by atoms with Crippen molar-refractivity contribution < 1.29 is 0 Å². The summed E-state index contributed by atoms with van der Waals surface area (Å²) in [5.41, 5.74) is 8.81. The molecule has 0 amide bonds. The van der Waals surface area contributed by atoms with E-state index in [0.717, 1.165) is 17.0 Å². The Kier molecular flexibility index (Phi) is 2.22. The Balaban J connectivity index is 2.21. The molecule has 2 N–H and O–H groups in total. The lowest BCUT2D eigenvalue weighted by Crippen LogP contribution is -2.02. The lowest BCUT2D eigenvalue weighted by Gasteiger charge is -1.96. The number of nitrogens with zero attached hydrogens (tertiary/aromatic N) is 4. The third kappa shape index (κ3) is 1.86. The maximum atomic E-state index is 5.67. The maximum Gasteiger partial charge on any atom is 0.148 e. The van der Waals surface area contributed by atoms with Crippen LogP contribution in [0.25, 0.3) is 0 Å². The van der Waals surface area contributed by atoms with Crippen LogP contribution >= 0.6 is 0 Å². The van der Waals surface area contributed by atoms with E-state index in [0.29, 0.717) is 12.4 Å². The third-order valence-corrected chi connectivity index (χ3v) is 2.47. The summed E-state index contributed by atoms with van der Waals surface area (Å²) < 4.78 is 3.67. The van der Waals surface area contributed by atoms with Gasteiger partial charge in [-0.25, -0.2) is 0 Å². The molecule has 0 aliphatic carbocycles. The van der Waals surface area contributed by atoms with Gasteiger partial charge in [-0.1, -0.05) is 0 Å². The molecule has 0 atom stereocenters. The Morgan fingerprint density at radius 3 is 2.53 bits per heavy atom. The second kappa shape index (κ2) is 3.42. The molecule has 0 aromatic carbocycles. The molecule has 15 heavy (non-hydrogen) atoms. The normalized spacial score (nSPS) is 10.9. The minimum atomic E-state index is 0.586. The van der Waals surface area contributed by atoms with Gasteiger partial charge in [-0.05, 0) is 19.9 Å². The predicted octanol–water partition coefficient (Wildman–Crippen LogP) is 0.864. The molecule has 2 aromatic rings. The molecule has 2 aromatic heterocycles. The molecule has 80 valence electrons. The largest absolute Gasteiger partial charge is 0.382 e. The average molecular weight is 205 g/mol. The van der Waals surface area contributed by atoms with Gasteiger partial charge in [0.05, 0.1) is 12.2 Å². The molecule has 2 rings (SSSR count). The van der Waals surface area contributed by atoms with E-state index in [2.05, 4.69) is 10.2 Å². The number of rotatable bonds is 2. The van der Waals surface area contributed by atoms with Crippen LogP contribution in [0.5, 0.6) is 0 Å². The van der Waals surface area contributed by atoms with E-state index in [1.165, 1.54) is 0 Å².